The summed E-state index contributed by atoms with van der Waals surface area (Å²) in [6.07, 6.45) is 4.04. The second-order valence-electron chi connectivity index (χ2n) is 11.2. The molecular weight excluding hydrogens is 597 g/mol. The Morgan fingerprint density at radius 1 is 0.568 bits per heavy atom. The first-order valence-electron chi connectivity index (χ1n) is 14.8. The Labute approximate surface area is 260 Å². The molecule has 4 aromatic carbocycles. The van der Waals surface area contributed by atoms with Crippen LogP contribution in [0.3, 0.4) is 0 Å². The van der Waals surface area contributed by atoms with Crippen LogP contribution in [0.15, 0.2) is 107 Å². The van der Waals surface area contributed by atoms with Gasteiger partial charge in [-0.2, -0.15) is 16.8 Å². The molecule has 232 valence electrons. The van der Waals surface area contributed by atoms with E-state index in [9.17, 15) is 16.8 Å². The monoisotopic (exact) mass is 634 g/mol. The van der Waals surface area contributed by atoms with Crippen LogP contribution in [0.2, 0.25) is 0 Å². The number of aryl methyl sites for hydroxylation is 2. The fourth-order valence-corrected chi connectivity index (χ4v) is 7.24. The van der Waals surface area contributed by atoms with E-state index in [1.165, 1.54) is 0 Å². The average molecular weight is 635 g/mol. The number of rotatable bonds is 12. The molecule has 0 aromatic heterocycles. The highest BCUT2D eigenvalue weighted by atomic mass is 32.2. The van der Waals surface area contributed by atoms with E-state index in [-0.39, 0.29) is 21.9 Å². The SMILES string of the molecule is Cc1ccc(S(=O)(=O)Oc2ccccc2CNC2CCCCC2NCc2ccccc2OS(=O)(=O)c2ccc(C)cc2)cc1. The zero-order valence-corrected chi connectivity index (χ0v) is 26.5. The highest BCUT2D eigenvalue weighted by molar-refractivity contribution is 7.87. The third-order valence-corrected chi connectivity index (χ3v) is 10.3. The number of para-hydroxylation sites is 2. The van der Waals surface area contributed by atoms with Crippen LogP contribution in [0.5, 0.6) is 11.5 Å². The van der Waals surface area contributed by atoms with Crippen molar-refractivity contribution in [2.75, 3.05) is 0 Å². The first-order chi connectivity index (χ1) is 21.1. The van der Waals surface area contributed by atoms with Gasteiger partial charge in [-0.05, 0) is 63.1 Å². The predicted octanol–water partition coefficient (Wildman–Crippen LogP) is 6.03. The Hall–Kier alpha value is -3.70. The first kappa shape index (κ1) is 31.7. The number of hydrogen-bond acceptors (Lipinski definition) is 8. The molecule has 0 amide bonds. The van der Waals surface area contributed by atoms with E-state index in [1.807, 2.05) is 38.1 Å². The zero-order valence-electron chi connectivity index (χ0n) is 24.9. The fraction of sp³-hybridized carbons (Fsp3) is 0.294. The fourth-order valence-electron chi connectivity index (χ4n) is 5.31. The van der Waals surface area contributed by atoms with Gasteiger partial charge in [-0.15, -0.1) is 0 Å². The van der Waals surface area contributed by atoms with Crippen LogP contribution in [0.25, 0.3) is 0 Å². The molecule has 2 atom stereocenters. The van der Waals surface area contributed by atoms with E-state index < -0.39 is 20.2 Å². The quantitative estimate of drug-likeness (QED) is 0.182. The molecule has 0 heterocycles. The van der Waals surface area contributed by atoms with Gasteiger partial charge >= 0.3 is 20.2 Å². The first-order valence-corrected chi connectivity index (χ1v) is 17.6. The van der Waals surface area contributed by atoms with Crippen molar-refractivity contribution in [3.8, 4) is 11.5 Å². The average Bonchev–Trinajstić information content (AvgIpc) is 3.01. The van der Waals surface area contributed by atoms with Crippen LogP contribution in [-0.2, 0) is 33.3 Å². The van der Waals surface area contributed by atoms with Crippen LogP contribution in [-0.4, -0.2) is 28.9 Å². The van der Waals surface area contributed by atoms with E-state index in [4.69, 9.17) is 8.37 Å². The normalized spacial score (nSPS) is 17.2. The maximum absolute atomic E-state index is 13.0. The van der Waals surface area contributed by atoms with E-state index in [2.05, 4.69) is 10.6 Å². The van der Waals surface area contributed by atoms with Crippen molar-refractivity contribution in [1.82, 2.24) is 10.6 Å². The van der Waals surface area contributed by atoms with E-state index in [1.54, 1.807) is 72.8 Å². The van der Waals surface area contributed by atoms with Crippen molar-refractivity contribution in [3.63, 3.8) is 0 Å². The molecule has 2 unspecified atom stereocenters. The summed E-state index contributed by atoms with van der Waals surface area (Å²) in [6, 6.07) is 27.7. The molecule has 44 heavy (non-hydrogen) atoms. The number of nitrogens with one attached hydrogen (secondary N) is 2. The van der Waals surface area contributed by atoms with Gasteiger partial charge in [0.1, 0.15) is 21.3 Å². The lowest BCUT2D eigenvalue weighted by molar-refractivity contribution is 0.280. The van der Waals surface area contributed by atoms with E-state index in [0.717, 1.165) is 47.9 Å². The van der Waals surface area contributed by atoms with Crippen molar-refractivity contribution in [3.05, 3.63) is 119 Å². The summed E-state index contributed by atoms with van der Waals surface area (Å²) in [4.78, 5) is 0.219. The lowest BCUT2D eigenvalue weighted by Gasteiger charge is -2.33. The van der Waals surface area contributed by atoms with Crippen molar-refractivity contribution >= 4 is 20.2 Å². The summed E-state index contributed by atoms with van der Waals surface area (Å²) in [5.41, 5.74) is 3.42. The molecule has 5 rings (SSSR count). The third kappa shape index (κ3) is 8.06. The number of hydrogen-bond donors (Lipinski definition) is 2. The zero-order chi connectivity index (χ0) is 31.2. The molecule has 1 aliphatic carbocycles. The molecule has 0 aliphatic heterocycles. The Morgan fingerprint density at radius 2 is 0.932 bits per heavy atom. The lowest BCUT2D eigenvalue weighted by atomic mass is 9.90. The maximum atomic E-state index is 13.0. The summed E-state index contributed by atoms with van der Waals surface area (Å²) < 4.78 is 63.0. The van der Waals surface area contributed by atoms with Crippen LogP contribution in [0.4, 0.5) is 0 Å². The summed E-state index contributed by atoms with van der Waals surface area (Å²) >= 11 is 0. The number of benzene rings is 4. The summed E-state index contributed by atoms with van der Waals surface area (Å²) in [5.74, 6) is 0.587. The van der Waals surface area contributed by atoms with Gasteiger partial charge < -0.3 is 19.0 Å². The topological polar surface area (TPSA) is 111 Å². The summed E-state index contributed by atoms with van der Waals surface area (Å²) in [6.45, 7) is 4.65. The van der Waals surface area contributed by atoms with Crippen molar-refractivity contribution in [2.24, 2.45) is 0 Å². The van der Waals surface area contributed by atoms with Gasteiger partial charge in [-0.1, -0.05) is 84.6 Å². The van der Waals surface area contributed by atoms with Gasteiger partial charge in [-0.25, -0.2) is 0 Å². The largest absolute Gasteiger partial charge is 0.379 e. The molecule has 0 radical (unpaired) electrons. The van der Waals surface area contributed by atoms with Crippen molar-refractivity contribution in [2.45, 2.75) is 74.5 Å². The summed E-state index contributed by atoms with van der Waals surface area (Å²) in [5, 5.41) is 7.22. The van der Waals surface area contributed by atoms with Crippen LogP contribution in [0, 0.1) is 13.8 Å². The van der Waals surface area contributed by atoms with Gasteiger partial charge in [-0.3, -0.25) is 0 Å². The van der Waals surface area contributed by atoms with Crippen molar-refractivity contribution in [1.29, 1.82) is 0 Å². The second-order valence-corrected chi connectivity index (χ2v) is 14.3. The minimum Gasteiger partial charge on any atom is -0.379 e. The molecule has 0 spiro atoms. The van der Waals surface area contributed by atoms with Crippen LogP contribution < -0.4 is 19.0 Å². The Kier molecular flexibility index (Phi) is 10.1. The summed E-state index contributed by atoms with van der Waals surface area (Å²) in [7, 11) is -7.96. The molecule has 2 N–H and O–H groups in total. The minimum absolute atomic E-state index is 0.110. The Bertz CT molecular complexity index is 1640. The van der Waals surface area contributed by atoms with Gasteiger partial charge in [0.15, 0.2) is 0 Å². The molecule has 0 saturated heterocycles. The van der Waals surface area contributed by atoms with Gasteiger partial charge in [0.2, 0.25) is 0 Å². The predicted molar refractivity (Wildman–Crippen MR) is 171 cm³/mol. The lowest BCUT2D eigenvalue weighted by Crippen LogP contribution is -2.49. The molecule has 1 aliphatic rings. The van der Waals surface area contributed by atoms with Crippen molar-refractivity contribution < 1.29 is 25.2 Å². The Morgan fingerprint density at radius 3 is 1.32 bits per heavy atom. The molecule has 1 fully saturated rings. The molecular formula is C34H38N2O6S2. The van der Waals surface area contributed by atoms with Gasteiger partial charge in [0, 0.05) is 36.3 Å². The van der Waals surface area contributed by atoms with Crippen LogP contribution in [0.1, 0.15) is 47.9 Å². The molecule has 0 bridgehead atoms. The molecule has 4 aromatic rings. The maximum Gasteiger partial charge on any atom is 0.339 e. The second kappa shape index (κ2) is 13.9. The van der Waals surface area contributed by atoms with E-state index in [0.29, 0.717) is 24.6 Å². The standard InChI is InChI=1S/C34H38N2O6S2/c1-25-15-19-29(20-16-25)43(37,38)41-33-13-7-3-9-27(33)23-35-31-11-5-6-12-32(31)36-24-28-10-4-8-14-34(28)42-44(39,40)30-21-17-26(2)18-22-30/h3-4,7-10,13-22,31-32,35-36H,5-6,11-12,23-24H2,1-2H3. The smallest absolute Gasteiger partial charge is 0.339 e. The molecule has 1 saturated carbocycles. The molecule has 8 nitrogen and oxygen atoms in total. The third-order valence-electron chi connectivity index (χ3n) is 7.84. The minimum atomic E-state index is -3.98. The van der Waals surface area contributed by atoms with Gasteiger partial charge in [0.05, 0.1) is 0 Å². The van der Waals surface area contributed by atoms with Gasteiger partial charge in [0.25, 0.3) is 0 Å². The highest BCUT2D eigenvalue weighted by Gasteiger charge is 2.26. The van der Waals surface area contributed by atoms with E-state index >= 15 is 0 Å². The Balaban J connectivity index is 1.24. The molecule has 10 heteroatoms. The highest BCUT2D eigenvalue weighted by Crippen LogP contribution is 2.27. The van der Waals surface area contributed by atoms with Crippen LogP contribution >= 0.6 is 0 Å².